The van der Waals surface area contributed by atoms with Gasteiger partial charge in [0.15, 0.2) is 0 Å². The summed E-state index contributed by atoms with van der Waals surface area (Å²) >= 11 is 1.61. The van der Waals surface area contributed by atoms with Gasteiger partial charge in [-0.1, -0.05) is 25.7 Å². The number of nitrogens with one attached hydrogen (secondary N) is 2. The molecule has 23 heavy (non-hydrogen) atoms. The fraction of sp³-hybridized carbons (Fsp3) is 0.765. The minimum Gasteiger partial charge on any atom is -0.388 e. The van der Waals surface area contributed by atoms with E-state index in [2.05, 4.69) is 15.6 Å². The Bertz CT molecular complexity index is 534. The van der Waals surface area contributed by atoms with Gasteiger partial charge in [-0.2, -0.15) is 0 Å². The van der Waals surface area contributed by atoms with Crippen LogP contribution in [0.15, 0.2) is 5.38 Å². The van der Waals surface area contributed by atoms with Crippen molar-refractivity contribution in [1.82, 2.24) is 15.6 Å². The van der Waals surface area contributed by atoms with Crippen LogP contribution in [0.3, 0.4) is 0 Å². The van der Waals surface area contributed by atoms with Crippen molar-refractivity contribution in [3.05, 3.63) is 16.1 Å². The number of aromatic nitrogens is 1. The Kier molecular flexibility index (Phi) is 5.21. The van der Waals surface area contributed by atoms with Crippen LogP contribution in [0.25, 0.3) is 0 Å². The second kappa shape index (κ2) is 7.18. The first kappa shape index (κ1) is 16.7. The van der Waals surface area contributed by atoms with Crippen LogP contribution in [0.1, 0.15) is 68.1 Å². The van der Waals surface area contributed by atoms with Gasteiger partial charge in [0.05, 0.1) is 11.6 Å². The van der Waals surface area contributed by atoms with Gasteiger partial charge in [0, 0.05) is 17.6 Å². The van der Waals surface area contributed by atoms with Gasteiger partial charge < -0.3 is 15.7 Å². The molecule has 0 spiro atoms. The number of nitrogens with zero attached hydrogens (tertiary/aromatic N) is 1. The average molecular weight is 337 g/mol. The summed E-state index contributed by atoms with van der Waals surface area (Å²) in [7, 11) is 0. The molecular weight excluding hydrogens is 310 g/mol. The fourth-order valence-corrected chi connectivity index (χ4v) is 4.27. The normalized spacial score (nSPS) is 22.2. The SMILES string of the molecule is Cc1csc([C@H](NC(=O)NCC2(O)CCCCCC2)C2CC2)n1. The molecule has 0 saturated heterocycles. The molecule has 0 unspecified atom stereocenters. The lowest BCUT2D eigenvalue weighted by Gasteiger charge is -2.27. The molecule has 3 rings (SSSR count). The molecule has 0 aliphatic heterocycles. The number of amides is 2. The second-order valence-corrected chi connectivity index (χ2v) is 8.00. The van der Waals surface area contributed by atoms with Crippen LogP contribution in [-0.4, -0.2) is 28.3 Å². The van der Waals surface area contributed by atoms with Gasteiger partial charge in [-0.3, -0.25) is 0 Å². The average Bonchev–Trinajstić information content (AvgIpc) is 3.30. The molecule has 1 aromatic rings. The number of thiazole rings is 1. The fourth-order valence-electron chi connectivity index (χ4n) is 3.33. The summed E-state index contributed by atoms with van der Waals surface area (Å²) in [6.45, 7) is 2.32. The van der Waals surface area contributed by atoms with Crippen molar-refractivity contribution >= 4 is 17.4 Å². The molecule has 1 aromatic heterocycles. The summed E-state index contributed by atoms with van der Waals surface area (Å²) in [5.41, 5.74) is 0.270. The zero-order valence-electron chi connectivity index (χ0n) is 13.8. The van der Waals surface area contributed by atoms with Crippen molar-refractivity contribution in [2.24, 2.45) is 5.92 Å². The molecule has 2 saturated carbocycles. The lowest BCUT2D eigenvalue weighted by molar-refractivity contribution is 0.0275. The molecule has 3 N–H and O–H groups in total. The molecule has 2 fully saturated rings. The van der Waals surface area contributed by atoms with E-state index < -0.39 is 5.60 Å². The Hall–Kier alpha value is -1.14. The monoisotopic (exact) mass is 337 g/mol. The van der Waals surface area contributed by atoms with E-state index in [9.17, 15) is 9.90 Å². The number of urea groups is 1. The smallest absolute Gasteiger partial charge is 0.315 e. The number of hydrogen-bond acceptors (Lipinski definition) is 4. The van der Waals surface area contributed by atoms with Crippen LogP contribution in [0.5, 0.6) is 0 Å². The molecular formula is C17H27N3O2S. The van der Waals surface area contributed by atoms with E-state index in [-0.39, 0.29) is 12.1 Å². The van der Waals surface area contributed by atoms with Gasteiger partial charge in [-0.05, 0) is 38.5 Å². The Morgan fingerprint density at radius 3 is 2.65 bits per heavy atom. The lowest BCUT2D eigenvalue weighted by Crippen LogP contribution is -2.47. The van der Waals surface area contributed by atoms with E-state index >= 15 is 0 Å². The third kappa shape index (κ3) is 4.67. The molecule has 5 nitrogen and oxygen atoms in total. The van der Waals surface area contributed by atoms with Crippen molar-refractivity contribution in [1.29, 1.82) is 0 Å². The van der Waals surface area contributed by atoms with Gasteiger partial charge >= 0.3 is 6.03 Å². The van der Waals surface area contributed by atoms with Crippen LogP contribution in [0.4, 0.5) is 4.79 Å². The number of aliphatic hydroxyl groups is 1. The summed E-state index contributed by atoms with van der Waals surface area (Å²) in [6.07, 6.45) is 8.31. The second-order valence-electron chi connectivity index (χ2n) is 7.11. The highest BCUT2D eigenvalue weighted by molar-refractivity contribution is 7.09. The molecule has 1 atom stereocenters. The van der Waals surface area contributed by atoms with Crippen LogP contribution in [0.2, 0.25) is 0 Å². The minimum absolute atomic E-state index is 0.0116. The standard InChI is InChI=1S/C17H27N3O2S/c1-12-10-23-15(19-12)14(13-6-7-13)20-16(21)18-11-17(22)8-4-2-3-5-9-17/h10,13-14,22H,2-9,11H2,1H3,(H2,18,20,21)/t14-/m1/s1. The highest BCUT2D eigenvalue weighted by atomic mass is 32.1. The third-order valence-corrected chi connectivity index (χ3v) is 5.94. The van der Waals surface area contributed by atoms with E-state index in [1.807, 2.05) is 12.3 Å². The lowest BCUT2D eigenvalue weighted by atomic mass is 9.94. The molecule has 2 aliphatic rings. The Morgan fingerprint density at radius 2 is 2.09 bits per heavy atom. The Balaban J connectivity index is 1.53. The quantitative estimate of drug-likeness (QED) is 0.722. The molecule has 0 radical (unpaired) electrons. The summed E-state index contributed by atoms with van der Waals surface area (Å²) in [6, 6.07) is -0.176. The highest BCUT2D eigenvalue weighted by Gasteiger charge is 2.36. The van der Waals surface area contributed by atoms with E-state index in [0.717, 1.165) is 49.2 Å². The molecule has 0 bridgehead atoms. The van der Waals surface area contributed by atoms with Crippen molar-refractivity contribution in [2.45, 2.75) is 69.9 Å². The van der Waals surface area contributed by atoms with Crippen LogP contribution >= 0.6 is 11.3 Å². The van der Waals surface area contributed by atoms with Crippen molar-refractivity contribution < 1.29 is 9.90 Å². The molecule has 1 heterocycles. The first-order valence-corrected chi connectivity index (χ1v) is 9.62. The third-order valence-electron chi connectivity index (χ3n) is 4.90. The van der Waals surface area contributed by atoms with Gasteiger partial charge in [0.1, 0.15) is 5.01 Å². The summed E-state index contributed by atoms with van der Waals surface area (Å²) in [5.74, 6) is 0.507. The molecule has 6 heteroatoms. The maximum Gasteiger partial charge on any atom is 0.315 e. The van der Waals surface area contributed by atoms with Gasteiger partial charge in [-0.25, -0.2) is 9.78 Å². The molecule has 0 aromatic carbocycles. The summed E-state index contributed by atoms with van der Waals surface area (Å²) in [4.78, 5) is 16.8. The number of carbonyl (C=O) groups excluding carboxylic acids is 1. The maximum absolute atomic E-state index is 12.3. The largest absolute Gasteiger partial charge is 0.388 e. The van der Waals surface area contributed by atoms with Crippen LogP contribution in [-0.2, 0) is 0 Å². The van der Waals surface area contributed by atoms with Crippen molar-refractivity contribution in [2.75, 3.05) is 6.54 Å². The zero-order chi connectivity index (χ0) is 16.3. The van der Waals surface area contributed by atoms with Crippen molar-refractivity contribution in [3.8, 4) is 0 Å². The Labute approximate surface area is 141 Å². The predicted octanol–water partition coefficient (Wildman–Crippen LogP) is 3.29. The van der Waals surface area contributed by atoms with Gasteiger partial charge in [0.2, 0.25) is 0 Å². The first-order valence-electron chi connectivity index (χ1n) is 8.74. The summed E-state index contributed by atoms with van der Waals surface area (Å²) < 4.78 is 0. The number of hydrogen-bond donors (Lipinski definition) is 3. The predicted molar refractivity (Wildman–Crippen MR) is 91.5 cm³/mol. The highest BCUT2D eigenvalue weighted by Crippen LogP contribution is 2.41. The van der Waals surface area contributed by atoms with Gasteiger partial charge in [0.25, 0.3) is 0 Å². The molecule has 2 aliphatic carbocycles. The maximum atomic E-state index is 12.3. The zero-order valence-corrected chi connectivity index (χ0v) is 14.6. The molecule has 2 amide bonds. The summed E-state index contributed by atoms with van der Waals surface area (Å²) in [5, 5.41) is 19.6. The van der Waals surface area contributed by atoms with E-state index in [1.165, 1.54) is 12.8 Å². The topological polar surface area (TPSA) is 74.2 Å². The number of aryl methyl sites for hydroxylation is 1. The van der Waals surface area contributed by atoms with E-state index in [0.29, 0.717) is 12.5 Å². The van der Waals surface area contributed by atoms with Crippen molar-refractivity contribution in [3.63, 3.8) is 0 Å². The van der Waals surface area contributed by atoms with E-state index in [1.54, 1.807) is 11.3 Å². The molecule has 128 valence electrons. The Morgan fingerprint density at radius 1 is 1.39 bits per heavy atom. The van der Waals surface area contributed by atoms with Crippen LogP contribution in [0, 0.1) is 12.8 Å². The van der Waals surface area contributed by atoms with Crippen LogP contribution < -0.4 is 10.6 Å². The first-order chi connectivity index (χ1) is 11.1. The number of rotatable bonds is 5. The van der Waals surface area contributed by atoms with E-state index in [4.69, 9.17) is 0 Å². The minimum atomic E-state index is -0.735. The van der Waals surface area contributed by atoms with Gasteiger partial charge in [-0.15, -0.1) is 11.3 Å². The number of carbonyl (C=O) groups is 1.